The number of rotatable bonds is 5. The van der Waals surface area contributed by atoms with Gasteiger partial charge in [-0.3, -0.25) is 9.59 Å². The van der Waals surface area contributed by atoms with Crippen LogP contribution in [-0.2, 0) is 35.0 Å². The summed E-state index contributed by atoms with van der Waals surface area (Å²) in [6.45, 7) is -0.209. The van der Waals surface area contributed by atoms with Crippen LogP contribution in [0.5, 0.6) is 0 Å². The number of likely N-dealkylation sites (tertiary alicyclic amines) is 1. The highest BCUT2D eigenvalue weighted by Crippen LogP contribution is 2.37. The molecular formula is C22H20F6N2O2. The van der Waals surface area contributed by atoms with Crippen molar-refractivity contribution in [2.45, 2.75) is 31.9 Å². The summed E-state index contributed by atoms with van der Waals surface area (Å²) in [6.07, 6.45) is -10.1. The van der Waals surface area contributed by atoms with Gasteiger partial charge in [-0.1, -0.05) is 30.3 Å². The maximum Gasteiger partial charge on any atom is 0.416 e. The van der Waals surface area contributed by atoms with Crippen molar-refractivity contribution in [3.8, 4) is 0 Å². The van der Waals surface area contributed by atoms with Crippen LogP contribution in [0.2, 0.25) is 0 Å². The Labute approximate surface area is 180 Å². The predicted octanol–water partition coefficient (Wildman–Crippen LogP) is 4.73. The zero-order valence-electron chi connectivity index (χ0n) is 17.0. The molecule has 2 amide bonds. The normalized spacial score (nSPS) is 17.0. The van der Waals surface area contributed by atoms with Gasteiger partial charge in [0.05, 0.1) is 17.0 Å². The molecule has 2 aromatic rings. The Morgan fingerprint density at radius 1 is 0.969 bits per heavy atom. The number of carbonyl (C=O) groups excluding carboxylic acids is 2. The first-order valence-electron chi connectivity index (χ1n) is 9.69. The van der Waals surface area contributed by atoms with Crippen LogP contribution in [-0.4, -0.2) is 35.2 Å². The topological polar surface area (TPSA) is 40.6 Å². The van der Waals surface area contributed by atoms with E-state index in [0.717, 1.165) is 10.5 Å². The molecule has 172 valence electrons. The largest absolute Gasteiger partial charge is 0.416 e. The highest BCUT2D eigenvalue weighted by atomic mass is 19.4. The van der Waals surface area contributed by atoms with Gasteiger partial charge < -0.3 is 9.80 Å². The van der Waals surface area contributed by atoms with E-state index in [0.29, 0.717) is 18.7 Å². The molecule has 0 aromatic heterocycles. The summed E-state index contributed by atoms with van der Waals surface area (Å²) in [7, 11) is 1.57. The van der Waals surface area contributed by atoms with E-state index in [9.17, 15) is 35.9 Å². The highest BCUT2D eigenvalue weighted by Gasteiger charge is 2.39. The zero-order valence-corrected chi connectivity index (χ0v) is 17.0. The predicted molar refractivity (Wildman–Crippen MR) is 103 cm³/mol. The van der Waals surface area contributed by atoms with Gasteiger partial charge in [0.25, 0.3) is 0 Å². The molecule has 0 N–H and O–H groups in total. The lowest BCUT2D eigenvalue weighted by Gasteiger charge is -2.22. The molecule has 0 aliphatic carbocycles. The molecule has 1 atom stereocenters. The molecule has 4 nitrogen and oxygen atoms in total. The van der Waals surface area contributed by atoms with Gasteiger partial charge in [-0.25, -0.2) is 0 Å². The maximum atomic E-state index is 13.1. The van der Waals surface area contributed by atoms with Gasteiger partial charge in [0.2, 0.25) is 11.8 Å². The van der Waals surface area contributed by atoms with Crippen LogP contribution in [0.4, 0.5) is 26.3 Å². The summed E-state index contributed by atoms with van der Waals surface area (Å²) in [6, 6.07) is 10.4. The molecule has 3 rings (SSSR count). The van der Waals surface area contributed by atoms with Crippen LogP contribution >= 0.6 is 0 Å². The molecule has 0 spiro atoms. The van der Waals surface area contributed by atoms with Crippen LogP contribution in [0.15, 0.2) is 48.5 Å². The first-order valence-corrected chi connectivity index (χ1v) is 9.69. The van der Waals surface area contributed by atoms with Crippen LogP contribution in [0, 0.1) is 5.92 Å². The Kier molecular flexibility index (Phi) is 6.52. The summed E-state index contributed by atoms with van der Waals surface area (Å²) in [5, 5.41) is 0. The zero-order chi connectivity index (χ0) is 23.7. The lowest BCUT2D eigenvalue weighted by molar-refractivity contribution is -0.143. The average Bonchev–Trinajstić information content (AvgIpc) is 3.06. The van der Waals surface area contributed by atoms with Crippen molar-refractivity contribution < 1.29 is 35.9 Å². The Morgan fingerprint density at radius 3 is 2.06 bits per heavy atom. The quantitative estimate of drug-likeness (QED) is 0.608. The van der Waals surface area contributed by atoms with Gasteiger partial charge in [0, 0.05) is 33.1 Å². The summed E-state index contributed by atoms with van der Waals surface area (Å²) < 4.78 is 78.4. The van der Waals surface area contributed by atoms with E-state index < -0.39 is 41.8 Å². The van der Waals surface area contributed by atoms with E-state index in [-0.39, 0.29) is 30.5 Å². The van der Waals surface area contributed by atoms with Crippen molar-refractivity contribution in [2.75, 3.05) is 13.6 Å². The van der Waals surface area contributed by atoms with E-state index in [4.69, 9.17) is 0 Å². The van der Waals surface area contributed by atoms with E-state index in [1.807, 2.05) is 30.3 Å². The van der Waals surface area contributed by atoms with Gasteiger partial charge >= 0.3 is 12.4 Å². The minimum absolute atomic E-state index is 0.0418. The van der Waals surface area contributed by atoms with Gasteiger partial charge in [-0.05, 0) is 29.3 Å². The number of hydrogen-bond donors (Lipinski definition) is 0. The van der Waals surface area contributed by atoms with Crippen molar-refractivity contribution in [3.63, 3.8) is 0 Å². The number of nitrogens with zero attached hydrogens (tertiary/aromatic N) is 2. The standard InChI is InChI=1S/C22H20F6N2O2/c1-29(11-14-5-3-2-4-6-14)20(32)16-9-19(31)30(13-16)12-15-7-17(21(23,24)25)10-18(8-15)22(26,27)28/h2-8,10,16H,9,11-13H2,1H3/t16-/m0/s1. The van der Waals surface area contributed by atoms with Crippen molar-refractivity contribution in [1.29, 1.82) is 0 Å². The first-order chi connectivity index (χ1) is 14.8. The summed E-state index contributed by atoms with van der Waals surface area (Å²) >= 11 is 0. The molecule has 0 saturated carbocycles. The summed E-state index contributed by atoms with van der Waals surface area (Å²) in [4.78, 5) is 27.6. The number of amides is 2. The van der Waals surface area contributed by atoms with E-state index >= 15 is 0 Å². The van der Waals surface area contributed by atoms with Gasteiger partial charge in [0.1, 0.15) is 0 Å². The fraction of sp³-hybridized carbons (Fsp3) is 0.364. The molecule has 10 heteroatoms. The number of hydrogen-bond acceptors (Lipinski definition) is 2. The van der Waals surface area contributed by atoms with Gasteiger partial charge in [-0.15, -0.1) is 0 Å². The van der Waals surface area contributed by atoms with Gasteiger partial charge in [0.15, 0.2) is 0 Å². The lowest BCUT2D eigenvalue weighted by Crippen LogP contribution is -2.34. The highest BCUT2D eigenvalue weighted by molar-refractivity contribution is 5.89. The van der Waals surface area contributed by atoms with E-state index in [2.05, 4.69) is 0 Å². The molecule has 1 saturated heterocycles. The molecule has 1 heterocycles. The molecule has 32 heavy (non-hydrogen) atoms. The Morgan fingerprint density at radius 2 is 1.53 bits per heavy atom. The maximum absolute atomic E-state index is 13.1. The molecule has 1 fully saturated rings. The third kappa shape index (κ3) is 5.60. The van der Waals surface area contributed by atoms with Crippen LogP contribution in [0.1, 0.15) is 28.7 Å². The Bertz CT molecular complexity index is 956. The second-order valence-electron chi connectivity index (χ2n) is 7.77. The lowest BCUT2D eigenvalue weighted by atomic mass is 10.0. The SMILES string of the molecule is CN(Cc1ccccc1)C(=O)[C@H]1CC(=O)N(Cc2cc(C(F)(F)F)cc(C(F)(F)F)c2)C1. The second kappa shape index (κ2) is 8.84. The van der Waals surface area contributed by atoms with Crippen molar-refractivity contribution in [2.24, 2.45) is 5.92 Å². The van der Waals surface area contributed by atoms with Gasteiger partial charge in [-0.2, -0.15) is 26.3 Å². The second-order valence-corrected chi connectivity index (χ2v) is 7.77. The summed E-state index contributed by atoms with van der Waals surface area (Å²) in [5.74, 6) is -1.53. The van der Waals surface area contributed by atoms with E-state index in [1.54, 1.807) is 7.05 Å². The minimum atomic E-state index is -4.97. The molecule has 0 unspecified atom stereocenters. The average molecular weight is 458 g/mol. The fourth-order valence-electron chi connectivity index (χ4n) is 3.67. The number of carbonyl (C=O) groups is 2. The van der Waals surface area contributed by atoms with Crippen LogP contribution in [0.3, 0.4) is 0 Å². The van der Waals surface area contributed by atoms with Crippen LogP contribution < -0.4 is 0 Å². The molecule has 0 bridgehead atoms. The Hall–Kier alpha value is -3.04. The molecular weight excluding hydrogens is 438 g/mol. The monoisotopic (exact) mass is 458 g/mol. The fourth-order valence-corrected chi connectivity index (χ4v) is 3.67. The Balaban J connectivity index is 1.73. The van der Waals surface area contributed by atoms with Crippen LogP contribution in [0.25, 0.3) is 0 Å². The summed E-state index contributed by atoms with van der Waals surface area (Å²) in [5.41, 5.74) is -2.30. The third-order valence-corrected chi connectivity index (χ3v) is 5.22. The molecule has 1 aliphatic rings. The third-order valence-electron chi connectivity index (χ3n) is 5.22. The first kappa shape index (κ1) is 23.6. The van der Waals surface area contributed by atoms with E-state index in [1.165, 1.54) is 4.90 Å². The number of alkyl halides is 6. The molecule has 1 aliphatic heterocycles. The minimum Gasteiger partial charge on any atom is -0.341 e. The van der Waals surface area contributed by atoms with Crippen molar-refractivity contribution in [3.05, 3.63) is 70.8 Å². The number of halogens is 6. The molecule has 0 radical (unpaired) electrons. The smallest absolute Gasteiger partial charge is 0.341 e. The number of benzene rings is 2. The van der Waals surface area contributed by atoms with Crippen molar-refractivity contribution >= 4 is 11.8 Å². The molecule has 2 aromatic carbocycles. The van der Waals surface area contributed by atoms with Crippen molar-refractivity contribution in [1.82, 2.24) is 9.80 Å².